The lowest BCUT2D eigenvalue weighted by Gasteiger charge is -2.37. The van der Waals surface area contributed by atoms with Gasteiger partial charge in [-0.15, -0.1) is 0 Å². The van der Waals surface area contributed by atoms with Crippen molar-refractivity contribution in [1.29, 1.82) is 5.26 Å². The first-order valence-corrected chi connectivity index (χ1v) is 6.98. The molecule has 0 aliphatic carbocycles. The number of rotatable bonds is 2. The Labute approximate surface area is 124 Å². The summed E-state index contributed by atoms with van der Waals surface area (Å²) >= 11 is 0. The second kappa shape index (κ2) is 5.71. The van der Waals surface area contributed by atoms with Gasteiger partial charge in [-0.05, 0) is 36.4 Å². The minimum Gasteiger partial charge on any atom is -0.399 e. The molecule has 0 bridgehead atoms. The summed E-state index contributed by atoms with van der Waals surface area (Å²) in [5, 5.41) is 8.92. The van der Waals surface area contributed by atoms with Crippen molar-refractivity contribution >= 4 is 17.1 Å². The molecule has 3 rings (SSSR count). The summed E-state index contributed by atoms with van der Waals surface area (Å²) in [6.07, 6.45) is 1.69. The first-order valence-electron chi connectivity index (χ1n) is 6.98. The van der Waals surface area contributed by atoms with E-state index in [2.05, 4.69) is 33.0 Å². The fourth-order valence-corrected chi connectivity index (χ4v) is 2.59. The molecule has 5 heteroatoms. The average molecular weight is 279 g/mol. The first-order chi connectivity index (χ1) is 10.3. The number of nitrogens with two attached hydrogens (primary N) is 1. The number of nitrogens with zero attached hydrogens (tertiary/aromatic N) is 4. The molecule has 0 saturated carbocycles. The molecule has 1 saturated heterocycles. The molecule has 106 valence electrons. The number of hydrogen-bond acceptors (Lipinski definition) is 5. The van der Waals surface area contributed by atoms with E-state index in [1.165, 1.54) is 5.69 Å². The van der Waals surface area contributed by atoms with Gasteiger partial charge in [-0.3, -0.25) is 0 Å². The summed E-state index contributed by atoms with van der Waals surface area (Å²) in [6, 6.07) is 13.9. The van der Waals surface area contributed by atoms with E-state index in [1.54, 1.807) is 6.20 Å². The van der Waals surface area contributed by atoms with E-state index in [0.717, 1.165) is 37.6 Å². The Morgan fingerprint density at radius 1 is 0.952 bits per heavy atom. The second-order valence-corrected chi connectivity index (χ2v) is 5.08. The van der Waals surface area contributed by atoms with E-state index in [4.69, 9.17) is 11.0 Å². The lowest BCUT2D eigenvalue weighted by molar-refractivity contribution is 0.653. The predicted octanol–water partition coefficient (Wildman–Crippen LogP) is 1.86. The van der Waals surface area contributed by atoms with Gasteiger partial charge in [0.2, 0.25) is 0 Å². The van der Waals surface area contributed by atoms with Gasteiger partial charge in [0.15, 0.2) is 0 Å². The maximum atomic E-state index is 8.92. The van der Waals surface area contributed by atoms with Crippen molar-refractivity contribution in [2.45, 2.75) is 0 Å². The van der Waals surface area contributed by atoms with Crippen molar-refractivity contribution in [2.24, 2.45) is 0 Å². The highest BCUT2D eigenvalue weighted by Gasteiger charge is 2.17. The van der Waals surface area contributed by atoms with E-state index in [0.29, 0.717) is 5.69 Å². The zero-order chi connectivity index (χ0) is 14.7. The Morgan fingerprint density at radius 3 is 2.19 bits per heavy atom. The molecule has 2 N–H and O–H groups in total. The molecule has 0 amide bonds. The van der Waals surface area contributed by atoms with Crippen LogP contribution in [0, 0.1) is 11.3 Å². The number of pyridine rings is 1. The summed E-state index contributed by atoms with van der Waals surface area (Å²) in [4.78, 5) is 8.65. The van der Waals surface area contributed by atoms with Crippen LogP contribution < -0.4 is 15.5 Å². The van der Waals surface area contributed by atoms with E-state index < -0.39 is 0 Å². The standard InChI is InChI=1S/C16H17N5/c17-12-14-11-16(5-6-19-14)21-9-7-20(8-10-21)15-3-1-13(18)2-4-15/h1-6,11H,7-10,18H2. The van der Waals surface area contributed by atoms with Crippen molar-refractivity contribution < 1.29 is 0 Å². The van der Waals surface area contributed by atoms with Crippen LogP contribution >= 0.6 is 0 Å². The lowest BCUT2D eigenvalue weighted by Crippen LogP contribution is -2.46. The van der Waals surface area contributed by atoms with Gasteiger partial charge in [-0.25, -0.2) is 4.98 Å². The van der Waals surface area contributed by atoms with Crippen LogP contribution in [0.1, 0.15) is 5.69 Å². The monoisotopic (exact) mass is 279 g/mol. The van der Waals surface area contributed by atoms with Gasteiger partial charge in [-0.2, -0.15) is 5.26 Å². The Morgan fingerprint density at radius 2 is 1.57 bits per heavy atom. The van der Waals surface area contributed by atoms with E-state index in [1.807, 2.05) is 24.3 Å². The Kier molecular flexibility index (Phi) is 3.61. The Balaban J connectivity index is 1.67. The first kappa shape index (κ1) is 13.3. The molecular weight excluding hydrogens is 262 g/mol. The molecule has 5 nitrogen and oxygen atoms in total. The molecular formula is C16H17N5. The number of anilines is 3. The van der Waals surface area contributed by atoms with Crippen LogP contribution in [-0.2, 0) is 0 Å². The smallest absolute Gasteiger partial charge is 0.142 e. The number of nitriles is 1. The lowest BCUT2D eigenvalue weighted by atomic mass is 10.2. The minimum absolute atomic E-state index is 0.466. The largest absolute Gasteiger partial charge is 0.399 e. The van der Waals surface area contributed by atoms with Gasteiger partial charge in [0, 0.05) is 49.4 Å². The molecule has 1 fully saturated rings. The van der Waals surface area contributed by atoms with Crippen LogP contribution in [0.25, 0.3) is 0 Å². The maximum Gasteiger partial charge on any atom is 0.142 e. The van der Waals surface area contributed by atoms with Crippen LogP contribution in [-0.4, -0.2) is 31.2 Å². The van der Waals surface area contributed by atoms with Crippen molar-refractivity contribution in [3.8, 4) is 6.07 Å². The molecule has 1 aliphatic rings. The van der Waals surface area contributed by atoms with E-state index in [-0.39, 0.29) is 0 Å². The van der Waals surface area contributed by atoms with E-state index in [9.17, 15) is 0 Å². The summed E-state index contributed by atoms with van der Waals surface area (Å²) in [5.41, 5.74) is 9.25. The molecule has 2 aromatic rings. The molecule has 1 aromatic carbocycles. The molecule has 0 spiro atoms. The van der Waals surface area contributed by atoms with Gasteiger partial charge in [0.1, 0.15) is 11.8 Å². The molecule has 1 aromatic heterocycles. The maximum absolute atomic E-state index is 8.92. The topological polar surface area (TPSA) is 69.2 Å². The number of hydrogen-bond donors (Lipinski definition) is 1. The highest BCUT2D eigenvalue weighted by molar-refractivity contribution is 5.55. The van der Waals surface area contributed by atoms with Crippen LogP contribution in [0.3, 0.4) is 0 Å². The quantitative estimate of drug-likeness (QED) is 0.850. The summed E-state index contributed by atoms with van der Waals surface area (Å²) in [5.74, 6) is 0. The second-order valence-electron chi connectivity index (χ2n) is 5.08. The minimum atomic E-state index is 0.466. The third kappa shape index (κ3) is 2.90. The normalized spacial score (nSPS) is 14.8. The number of aromatic nitrogens is 1. The Bertz CT molecular complexity index is 651. The third-order valence-corrected chi connectivity index (χ3v) is 3.76. The SMILES string of the molecule is N#Cc1cc(N2CCN(c3ccc(N)cc3)CC2)ccn1. The summed E-state index contributed by atoms with van der Waals surface area (Å²) in [6.45, 7) is 3.76. The van der Waals surface area contributed by atoms with Gasteiger partial charge in [0.05, 0.1) is 0 Å². The predicted molar refractivity (Wildman–Crippen MR) is 84.2 cm³/mol. The average Bonchev–Trinajstić information content (AvgIpc) is 2.56. The van der Waals surface area contributed by atoms with Crippen LogP contribution in [0.2, 0.25) is 0 Å². The molecule has 2 heterocycles. The summed E-state index contributed by atoms with van der Waals surface area (Å²) in [7, 11) is 0. The van der Waals surface area contributed by atoms with Crippen LogP contribution in [0.15, 0.2) is 42.6 Å². The molecule has 0 atom stereocenters. The molecule has 1 aliphatic heterocycles. The fraction of sp³-hybridized carbons (Fsp3) is 0.250. The molecule has 0 unspecified atom stereocenters. The van der Waals surface area contributed by atoms with Crippen LogP contribution in [0.5, 0.6) is 0 Å². The van der Waals surface area contributed by atoms with Crippen LogP contribution in [0.4, 0.5) is 17.1 Å². The van der Waals surface area contributed by atoms with E-state index >= 15 is 0 Å². The number of benzene rings is 1. The highest BCUT2D eigenvalue weighted by atomic mass is 15.3. The van der Waals surface area contributed by atoms with Crippen molar-refractivity contribution in [3.05, 3.63) is 48.3 Å². The summed E-state index contributed by atoms with van der Waals surface area (Å²) < 4.78 is 0. The van der Waals surface area contributed by atoms with Gasteiger partial charge in [-0.1, -0.05) is 0 Å². The Hall–Kier alpha value is -2.74. The zero-order valence-corrected chi connectivity index (χ0v) is 11.7. The molecule has 0 radical (unpaired) electrons. The van der Waals surface area contributed by atoms with Crippen molar-refractivity contribution in [3.63, 3.8) is 0 Å². The number of nitrogen functional groups attached to an aromatic ring is 1. The zero-order valence-electron chi connectivity index (χ0n) is 11.7. The van der Waals surface area contributed by atoms with Crippen molar-refractivity contribution in [2.75, 3.05) is 41.7 Å². The number of piperazine rings is 1. The van der Waals surface area contributed by atoms with Gasteiger partial charge >= 0.3 is 0 Å². The van der Waals surface area contributed by atoms with Gasteiger partial charge < -0.3 is 15.5 Å². The molecule has 21 heavy (non-hydrogen) atoms. The fourth-order valence-electron chi connectivity index (χ4n) is 2.59. The third-order valence-electron chi connectivity index (χ3n) is 3.76. The van der Waals surface area contributed by atoms with Gasteiger partial charge in [0.25, 0.3) is 0 Å². The highest BCUT2D eigenvalue weighted by Crippen LogP contribution is 2.21. The van der Waals surface area contributed by atoms with Crippen molar-refractivity contribution in [1.82, 2.24) is 4.98 Å².